The van der Waals surface area contributed by atoms with Crippen molar-refractivity contribution in [2.45, 2.75) is 24.9 Å². The Balaban J connectivity index is 1.41. The summed E-state index contributed by atoms with van der Waals surface area (Å²) in [7, 11) is -3.19. The molecule has 0 saturated heterocycles. The fraction of sp³-hybridized carbons (Fsp3) is 0.304. The quantitative estimate of drug-likeness (QED) is 0.408. The zero-order valence-corrected chi connectivity index (χ0v) is 20.6. The fourth-order valence-corrected chi connectivity index (χ4v) is 4.88. The van der Waals surface area contributed by atoms with Gasteiger partial charge in [0.15, 0.2) is 5.75 Å². The molecule has 0 amide bonds. The number of aromatic nitrogens is 2. The van der Waals surface area contributed by atoms with Crippen molar-refractivity contribution < 1.29 is 17.9 Å². The molecule has 0 aliphatic heterocycles. The standard InChI is InChI=1S/C23H22Cl2N4O4S/c1-34(30,31)28-18-9-19(10-18)29-14-17(13-27-29)15-2-4-20(5-3-15)33-21-8-16(12-26)23(22(25)11-21)32-7-6-24/h2-5,8,11,13-14,18-19,28H,6-7,9-10H2,1H3. The number of hydrogen-bond acceptors (Lipinski definition) is 6. The van der Waals surface area contributed by atoms with Crippen LogP contribution in [0.15, 0.2) is 48.8 Å². The lowest BCUT2D eigenvalue weighted by molar-refractivity contribution is 0.233. The van der Waals surface area contributed by atoms with Gasteiger partial charge < -0.3 is 9.47 Å². The van der Waals surface area contributed by atoms with E-state index in [2.05, 4.69) is 15.9 Å². The molecule has 1 heterocycles. The van der Waals surface area contributed by atoms with Gasteiger partial charge in [-0.1, -0.05) is 23.7 Å². The maximum Gasteiger partial charge on any atom is 0.208 e. The van der Waals surface area contributed by atoms with Gasteiger partial charge >= 0.3 is 0 Å². The number of ether oxygens (including phenoxy) is 2. The maximum atomic E-state index is 11.3. The Morgan fingerprint density at radius 3 is 2.59 bits per heavy atom. The highest BCUT2D eigenvalue weighted by atomic mass is 35.5. The predicted octanol–water partition coefficient (Wildman–Crippen LogP) is 4.74. The first-order valence-electron chi connectivity index (χ1n) is 10.5. The number of hydrogen-bond donors (Lipinski definition) is 1. The topological polar surface area (TPSA) is 106 Å². The molecule has 1 aliphatic carbocycles. The number of benzene rings is 2. The Labute approximate surface area is 208 Å². The van der Waals surface area contributed by atoms with Gasteiger partial charge in [0.05, 0.1) is 35.0 Å². The molecule has 1 N–H and O–H groups in total. The zero-order valence-electron chi connectivity index (χ0n) is 18.2. The lowest BCUT2D eigenvalue weighted by atomic mass is 9.88. The Hall–Kier alpha value is -2.77. The Morgan fingerprint density at radius 1 is 1.21 bits per heavy atom. The number of sulfonamides is 1. The lowest BCUT2D eigenvalue weighted by Gasteiger charge is -2.35. The Morgan fingerprint density at radius 2 is 1.94 bits per heavy atom. The summed E-state index contributed by atoms with van der Waals surface area (Å²) in [6, 6.07) is 12.8. The first-order chi connectivity index (χ1) is 16.3. The average molecular weight is 521 g/mol. The van der Waals surface area contributed by atoms with E-state index in [1.165, 1.54) is 6.26 Å². The van der Waals surface area contributed by atoms with Crippen molar-refractivity contribution in [3.8, 4) is 34.4 Å². The third-order valence-electron chi connectivity index (χ3n) is 5.35. The minimum Gasteiger partial charge on any atom is -0.489 e. The molecule has 3 aromatic rings. The van der Waals surface area contributed by atoms with Crippen molar-refractivity contribution in [3.63, 3.8) is 0 Å². The van der Waals surface area contributed by atoms with Gasteiger partial charge in [-0.25, -0.2) is 13.1 Å². The molecule has 1 fully saturated rings. The number of nitriles is 1. The van der Waals surface area contributed by atoms with Crippen molar-refractivity contribution in [2.75, 3.05) is 18.7 Å². The molecule has 0 bridgehead atoms. The van der Waals surface area contributed by atoms with E-state index in [1.54, 1.807) is 18.3 Å². The van der Waals surface area contributed by atoms with Gasteiger partial charge in [0.2, 0.25) is 10.0 Å². The van der Waals surface area contributed by atoms with Crippen LogP contribution in [0.5, 0.6) is 17.2 Å². The second-order valence-electron chi connectivity index (χ2n) is 7.98. The van der Waals surface area contributed by atoms with Crippen molar-refractivity contribution in [2.24, 2.45) is 0 Å². The molecule has 0 unspecified atom stereocenters. The van der Waals surface area contributed by atoms with Crippen LogP contribution >= 0.6 is 23.2 Å². The third-order valence-corrected chi connectivity index (χ3v) is 6.55. The van der Waals surface area contributed by atoms with Crippen LogP contribution < -0.4 is 14.2 Å². The molecular formula is C23H22Cl2N4O4S. The minimum atomic E-state index is -3.19. The molecule has 2 aromatic carbocycles. The summed E-state index contributed by atoms with van der Waals surface area (Å²) in [6.45, 7) is 0.243. The van der Waals surface area contributed by atoms with E-state index in [9.17, 15) is 13.7 Å². The third kappa shape index (κ3) is 5.83. The Kier molecular flexibility index (Phi) is 7.33. The summed E-state index contributed by atoms with van der Waals surface area (Å²) in [6.07, 6.45) is 6.33. The van der Waals surface area contributed by atoms with Crippen molar-refractivity contribution in [1.29, 1.82) is 5.26 Å². The average Bonchev–Trinajstić information content (AvgIpc) is 3.24. The van der Waals surface area contributed by atoms with Crippen LogP contribution in [0.1, 0.15) is 24.4 Å². The molecule has 0 atom stereocenters. The molecule has 34 heavy (non-hydrogen) atoms. The van der Waals surface area contributed by atoms with Crippen molar-refractivity contribution >= 4 is 33.2 Å². The molecule has 0 spiro atoms. The summed E-state index contributed by atoms with van der Waals surface area (Å²) in [5, 5.41) is 14.1. The van der Waals surface area contributed by atoms with E-state index in [0.717, 1.165) is 11.1 Å². The first-order valence-corrected chi connectivity index (χ1v) is 13.3. The van der Waals surface area contributed by atoms with Crippen LogP contribution in [0.2, 0.25) is 5.02 Å². The monoisotopic (exact) mass is 520 g/mol. The fourth-order valence-electron chi connectivity index (χ4n) is 3.74. The highest BCUT2D eigenvalue weighted by molar-refractivity contribution is 7.88. The molecule has 1 aliphatic rings. The van der Waals surface area contributed by atoms with Gasteiger partial charge in [-0.15, -0.1) is 11.6 Å². The molecule has 1 saturated carbocycles. The van der Waals surface area contributed by atoms with Gasteiger partial charge in [-0.2, -0.15) is 10.4 Å². The van der Waals surface area contributed by atoms with E-state index >= 15 is 0 Å². The van der Waals surface area contributed by atoms with Crippen molar-refractivity contribution in [1.82, 2.24) is 14.5 Å². The van der Waals surface area contributed by atoms with Crippen LogP contribution in [0.3, 0.4) is 0 Å². The predicted molar refractivity (Wildman–Crippen MR) is 130 cm³/mol. The molecule has 11 heteroatoms. The van der Waals surface area contributed by atoms with E-state index in [0.29, 0.717) is 24.3 Å². The number of halogens is 2. The molecule has 8 nitrogen and oxygen atoms in total. The summed E-state index contributed by atoms with van der Waals surface area (Å²) in [5.41, 5.74) is 2.17. The molecule has 4 rings (SSSR count). The smallest absolute Gasteiger partial charge is 0.208 e. The number of nitrogens with one attached hydrogen (secondary N) is 1. The highest BCUT2D eigenvalue weighted by Crippen LogP contribution is 2.36. The number of nitrogens with zero attached hydrogens (tertiary/aromatic N) is 3. The molecule has 1 aromatic heterocycles. The van der Waals surface area contributed by atoms with Crippen molar-refractivity contribution in [3.05, 3.63) is 59.4 Å². The summed E-state index contributed by atoms with van der Waals surface area (Å²) in [5.74, 6) is 1.57. The number of rotatable bonds is 9. The summed E-state index contributed by atoms with van der Waals surface area (Å²) >= 11 is 11.9. The van der Waals surface area contributed by atoms with E-state index < -0.39 is 10.0 Å². The van der Waals surface area contributed by atoms with Crippen LogP contribution in [-0.4, -0.2) is 43.0 Å². The molecule has 0 radical (unpaired) electrons. The van der Waals surface area contributed by atoms with Crippen LogP contribution in [0.4, 0.5) is 0 Å². The van der Waals surface area contributed by atoms with Crippen LogP contribution in [0.25, 0.3) is 11.1 Å². The maximum absolute atomic E-state index is 11.3. The second kappa shape index (κ2) is 10.2. The lowest BCUT2D eigenvalue weighted by Crippen LogP contribution is -2.44. The Bertz CT molecular complexity index is 1310. The summed E-state index contributed by atoms with van der Waals surface area (Å²) in [4.78, 5) is 0. The van der Waals surface area contributed by atoms with Gasteiger partial charge in [0, 0.05) is 29.9 Å². The van der Waals surface area contributed by atoms with Gasteiger partial charge in [0.1, 0.15) is 24.2 Å². The van der Waals surface area contributed by atoms with Gasteiger partial charge in [-0.05, 0) is 30.5 Å². The van der Waals surface area contributed by atoms with E-state index in [-0.39, 0.29) is 40.9 Å². The summed E-state index contributed by atoms with van der Waals surface area (Å²) < 4.78 is 38.5. The molecule has 178 valence electrons. The van der Waals surface area contributed by atoms with E-state index in [1.807, 2.05) is 35.1 Å². The minimum absolute atomic E-state index is 0.0416. The van der Waals surface area contributed by atoms with Gasteiger partial charge in [0.25, 0.3) is 0 Å². The van der Waals surface area contributed by atoms with E-state index in [4.69, 9.17) is 32.7 Å². The second-order valence-corrected chi connectivity index (χ2v) is 10.5. The normalized spacial score (nSPS) is 17.6. The van der Waals surface area contributed by atoms with Crippen LogP contribution in [-0.2, 0) is 10.0 Å². The van der Waals surface area contributed by atoms with Gasteiger partial charge in [-0.3, -0.25) is 4.68 Å². The molecular weight excluding hydrogens is 499 g/mol. The SMILES string of the molecule is CS(=O)(=O)NC1CC(n2cc(-c3ccc(Oc4cc(Cl)c(OCCCl)c(C#N)c4)cc3)cn2)C1. The van der Waals surface area contributed by atoms with Crippen LogP contribution in [0, 0.1) is 11.3 Å². The first kappa shape index (κ1) is 24.4. The largest absolute Gasteiger partial charge is 0.489 e. The highest BCUT2D eigenvalue weighted by Gasteiger charge is 2.32. The zero-order chi connectivity index (χ0) is 24.3. The number of alkyl halides is 1.